The highest BCUT2D eigenvalue weighted by molar-refractivity contribution is 5.66. The van der Waals surface area contributed by atoms with Gasteiger partial charge in [-0.15, -0.1) is 0 Å². The number of hydrogen-bond acceptors (Lipinski definition) is 2. The molecule has 4 heteroatoms. The Kier molecular flexibility index (Phi) is 2.67. The van der Waals surface area contributed by atoms with Gasteiger partial charge in [0.25, 0.3) is 0 Å². The fourth-order valence-corrected chi connectivity index (χ4v) is 1.56. The molecule has 0 aromatic carbocycles. The molecular formula is C11H12N2O2. The van der Waals surface area contributed by atoms with Crippen molar-refractivity contribution in [2.24, 2.45) is 0 Å². The highest BCUT2D eigenvalue weighted by Crippen LogP contribution is 2.09. The van der Waals surface area contributed by atoms with Gasteiger partial charge in [-0.05, 0) is 30.5 Å². The number of fused-ring (bicyclic) bond motifs is 1. The average Bonchev–Trinajstić information content (AvgIpc) is 2.64. The predicted octanol–water partition coefficient (Wildman–Crippen LogP) is 1.74. The Morgan fingerprint density at radius 1 is 1.53 bits per heavy atom. The van der Waals surface area contributed by atoms with Gasteiger partial charge in [0.05, 0.1) is 18.0 Å². The van der Waals surface area contributed by atoms with Gasteiger partial charge in [-0.2, -0.15) is 0 Å². The van der Waals surface area contributed by atoms with E-state index < -0.39 is 5.97 Å². The lowest BCUT2D eigenvalue weighted by Crippen LogP contribution is -1.96. The minimum atomic E-state index is -0.736. The Hall–Kier alpha value is -1.84. The SMILES string of the molecule is O=C(O)CCCc1ccn2cncc2c1. The number of carboxylic acids is 1. The van der Waals surface area contributed by atoms with E-state index in [2.05, 4.69) is 4.98 Å². The van der Waals surface area contributed by atoms with Crippen LogP contribution in [0, 0.1) is 0 Å². The normalized spacial score (nSPS) is 10.7. The summed E-state index contributed by atoms with van der Waals surface area (Å²) >= 11 is 0. The zero-order valence-corrected chi connectivity index (χ0v) is 8.26. The van der Waals surface area contributed by atoms with Crippen LogP contribution in [-0.2, 0) is 11.2 Å². The molecule has 2 heterocycles. The van der Waals surface area contributed by atoms with Crippen molar-refractivity contribution in [2.45, 2.75) is 19.3 Å². The molecule has 0 atom stereocenters. The number of rotatable bonds is 4. The second kappa shape index (κ2) is 4.13. The van der Waals surface area contributed by atoms with E-state index in [0.717, 1.165) is 17.5 Å². The molecule has 0 saturated carbocycles. The molecule has 0 aliphatic rings. The number of aliphatic carboxylic acids is 1. The molecule has 2 aromatic heterocycles. The van der Waals surface area contributed by atoms with Gasteiger partial charge in [0.15, 0.2) is 0 Å². The van der Waals surface area contributed by atoms with Crippen molar-refractivity contribution < 1.29 is 9.90 Å². The monoisotopic (exact) mass is 204 g/mol. The van der Waals surface area contributed by atoms with Crippen molar-refractivity contribution in [1.82, 2.24) is 9.38 Å². The molecule has 2 aromatic rings. The average molecular weight is 204 g/mol. The van der Waals surface area contributed by atoms with E-state index in [-0.39, 0.29) is 6.42 Å². The second-order valence-corrected chi connectivity index (χ2v) is 3.51. The van der Waals surface area contributed by atoms with Crippen LogP contribution in [-0.4, -0.2) is 20.5 Å². The molecule has 4 nitrogen and oxygen atoms in total. The second-order valence-electron chi connectivity index (χ2n) is 3.51. The van der Waals surface area contributed by atoms with Crippen LogP contribution in [0.3, 0.4) is 0 Å². The highest BCUT2D eigenvalue weighted by atomic mass is 16.4. The zero-order chi connectivity index (χ0) is 10.7. The summed E-state index contributed by atoms with van der Waals surface area (Å²) in [6, 6.07) is 4.03. The number of pyridine rings is 1. The number of nitrogens with zero attached hydrogens (tertiary/aromatic N) is 2. The molecular weight excluding hydrogens is 192 g/mol. The summed E-state index contributed by atoms with van der Waals surface area (Å²) in [4.78, 5) is 14.4. The Bertz CT molecular complexity index is 476. The molecule has 0 amide bonds. The molecule has 0 spiro atoms. The van der Waals surface area contributed by atoms with E-state index >= 15 is 0 Å². The summed E-state index contributed by atoms with van der Waals surface area (Å²) in [6.45, 7) is 0. The van der Waals surface area contributed by atoms with Crippen molar-refractivity contribution in [3.8, 4) is 0 Å². The van der Waals surface area contributed by atoms with Gasteiger partial charge in [0, 0.05) is 12.6 Å². The zero-order valence-electron chi connectivity index (χ0n) is 8.26. The lowest BCUT2D eigenvalue weighted by atomic mass is 10.1. The van der Waals surface area contributed by atoms with Gasteiger partial charge in [0.2, 0.25) is 0 Å². The van der Waals surface area contributed by atoms with E-state index in [1.165, 1.54) is 0 Å². The Morgan fingerprint density at radius 3 is 3.20 bits per heavy atom. The molecule has 0 bridgehead atoms. The van der Waals surface area contributed by atoms with Crippen molar-refractivity contribution in [1.29, 1.82) is 0 Å². The number of aromatic nitrogens is 2. The molecule has 15 heavy (non-hydrogen) atoms. The van der Waals surface area contributed by atoms with Crippen molar-refractivity contribution in [3.05, 3.63) is 36.4 Å². The number of hydrogen-bond donors (Lipinski definition) is 1. The van der Waals surface area contributed by atoms with E-state index in [0.29, 0.717) is 6.42 Å². The maximum Gasteiger partial charge on any atom is 0.303 e. The van der Waals surface area contributed by atoms with Gasteiger partial charge in [-0.25, -0.2) is 4.98 Å². The molecule has 2 rings (SSSR count). The number of carbonyl (C=O) groups is 1. The summed E-state index contributed by atoms with van der Waals surface area (Å²) < 4.78 is 1.93. The minimum Gasteiger partial charge on any atom is -0.481 e. The molecule has 0 aliphatic carbocycles. The number of imidazole rings is 1. The van der Waals surface area contributed by atoms with Gasteiger partial charge >= 0.3 is 5.97 Å². The van der Waals surface area contributed by atoms with Crippen LogP contribution in [0.25, 0.3) is 5.52 Å². The van der Waals surface area contributed by atoms with Crippen LogP contribution in [0.2, 0.25) is 0 Å². The number of carboxylic acid groups (broad SMARTS) is 1. The van der Waals surface area contributed by atoms with Crippen LogP contribution in [0.15, 0.2) is 30.9 Å². The summed E-state index contributed by atoms with van der Waals surface area (Å²) in [6.07, 6.45) is 7.19. The van der Waals surface area contributed by atoms with Crippen LogP contribution >= 0.6 is 0 Å². The maximum atomic E-state index is 10.3. The van der Waals surface area contributed by atoms with Crippen molar-refractivity contribution >= 4 is 11.5 Å². The lowest BCUT2D eigenvalue weighted by molar-refractivity contribution is -0.137. The van der Waals surface area contributed by atoms with E-state index in [1.807, 2.05) is 22.7 Å². The standard InChI is InChI=1S/C11H12N2O2/c14-11(15)3-1-2-9-4-5-13-8-12-7-10(13)6-9/h4-8H,1-3H2,(H,14,15). The first-order valence-electron chi connectivity index (χ1n) is 4.88. The molecule has 0 aliphatic heterocycles. The summed E-state index contributed by atoms with van der Waals surface area (Å²) in [5.41, 5.74) is 2.20. The fraction of sp³-hybridized carbons (Fsp3) is 0.273. The molecule has 0 saturated heterocycles. The smallest absolute Gasteiger partial charge is 0.303 e. The van der Waals surface area contributed by atoms with Crippen molar-refractivity contribution in [3.63, 3.8) is 0 Å². The van der Waals surface area contributed by atoms with Crippen LogP contribution < -0.4 is 0 Å². The van der Waals surface area contributed by atoms with Gasteiger partial charge in [0.1, 0.15) is 0 Å². The summed E-state index contributed by atoms with van der Waals surface area (Å²) in [5, 5.41) is 8.52. The largest absolute Gasteiger partial charge is 0.481 e. The molecule has 1 N–H and O–H groups in total. The topological polar surface area (TPSA) is 54.6 Å². The Morgan fingerprint density at radius 2 is 2.40 bits per heavy atom. The first-order valence-corrected chi connectivity index (χ1v) is 4.88. The highest BCUT2D eigenvalue weighted by Gasteiger charge is 1.99. The van der Waals surface area contributed by atoms with E-state index in [1.54, 1.807) is 12.5 Å². The third-order valence-corrected chi connectivity index (χ3v) is 2.33. The summed E-state index contributed by atoms with van der Waals surface area (Å²) in [5.74, 6) is -0.736. The van der Waals surface area contributed by atoms with E-state index in [4.69, 9.17) is 5.11 Å². The van der Waals surface area contributed by atoms with E-state index in [9.17, 15) is 4.79 Å². The number of aryl methyl sites for hydroxylation is 1. The Labute approximate surface area is 87.2 Å². The minimum absolute atomic E-state index is 0.227. The third kappa shape index (κ3) is 2.34. The van der Waals surface area contributed by atoms with Crippen molar-refractivity contribution in [2.75, 3.05) is 0 Å². The molecule has 0 unspecified atom stereocenters. The molecule has 0 radical (unpaired) electrons. The maximum absolute atomic E-state index is 10.3. The molecule has 0 fully saturated rings. The Balaban J connectivity index is 2.04. The third-order valence-electron chi connectivity index (χ3n) is 2.33. The summed E-state index contributed by atoms with van der Waals surface area (Å²) in [7, 11) is 0. The first-order chi connectivity index (χ1) is 7.25. The predicted molar refractivity (Wildman–Crippen MR) is 55.8 cm³/mol. The van der Waals surface area contributed by atoms with Gasteiger partial charge in [-0.1, -0.05) is 0 Å². The van der Waals surface area contributed by atoms with Crippen LogP contribution in [0.5, 0.6) is 0 Å². The quantitative estimate of drug-likeness (QED) is 0.825. The van der Waals surface area contributed by atoms with Crippen LogP contribution in [0.4, 0.5) is 0 Å². The first kappa shape index (κ1) is 9.71. The van der Waals surface area contributed by atoms with Gasteiger partial charge < -0.3 is 9.51 Å². The molecule has 78 valence electrons. The van der Waals surface area contributed by atoms with Gasteiger partial charge in [-0.3, -0.25) is 4.79 Å². The lowest BCUT2D eigenvalue weighted by Gasteiger charge is -2.00. The van der Waals surface area contributed by atoms with Crippen LogP contribution in [0.1, 0.15) is 18.4 Å². The fourth-order valence-electron chi connectivity index (χ4n) is 1.56.